The number of nitrogens with zero attached hydrogens (tertiary/aromatic N) is 1. The fraction of sp³-hybridized carbons (Fsp3) is 0.500. The van der Waals surface area contributed by atoms with Crippen LogP contribution in [0.15, 0.2) is 29.5 Å². The van der Waals surface area contributed by atoms with Crippen molar-refractivity contribution in [3.63, 3.8) is 0 Å². The number of carbonyl (C=O) groups excluding carboxylic acids is 3. The van der Waals surface area contributed by atoms with E-state index < -0.39 is 71.8 Å². The van der Waals surface area contributed by atoms with Crippen LogP contribution < -0.4 is 4.18 Å². The summed E-state index contributed by atoms with van der Waals surface area (Å²) >= 11 is 0. The summed E-state index contributed by atoms with van der Waals surface area (Å²) in [5.74, 6) is -3.42. The molecule has 11 nitrogen and oxygen atoms in total. The van der Waals surface area contributed by atoms with Gasteiger partial charge in [-0.05, 0) is 60.6 Å². The zero-order chi connectivity index (χ0) is 26.4. The van der Waals surface area contributed by atoms with Crippen molar-refractivity contribution in [1.82, 2.24) is 0 Å². The summed E-state index contributed by atoms with van der Waals surface area (Å²) in [6, 6.07) is 2.78. The predicted molar refractivity (Wildman–Crippen MR) is 120 cm³/mol. The quantitative estimate of drug-likeness (QED) is 0.143. The first-order valence-electron chi connectivity index (χ1n) is 10.1. The van der Waals surface area contributed by atoms with Crippen molar-refractivity contribution in [3.8, 4) is 5.75 Å². The monoisotopic (exact) mass is 497 g/mol. The van der Waals surface area contributed by atoms with Crippen LogP contribution in [-0.2, 0) is 29.2 Å². The zero-order valence-corrected chi connectivity index (χ0v) is 21.0. The highest BCUT2D eigenvalue weighted by molar-refractivity contribution is 7.86. The Labute approximate surface area is 197 Å². The summed E-state index contributed by atoms with van der Waals surface area (Å²) in [6.07, 6.45) is 0.753. The topological polar surface area (TPSA) is 156 Å². The van der Waals surface area contributed by atoms with Crippen molar-refractivity contribution in [2.75, 3.05) is 6.26 Å². The number of ketones is 2. The van der Waals surface area contributed by atoms with Crippen LogP contribution in [0.25, 0.3) is 0 Å². The van der Waals surface area contributed by atoms with Crippen LogP contribution in [-0.4, -0.2) is 48.3 Å². The maximum atomic E-state index is 13.6. The van der Waals surface area contributed by atoms with Gasteiger partial charge in [0.15, 0.2) is 5.76 Å². The second-order valence-corrected chi connectivity index (χ2v) is 11.4. The lowest BCUT2D eigenvalue weighted by atomic mass is 9.82. The average molecular weight is 498 g/mol. The minimum atomic E-state index is -3.99. The fourth-order valence-corrected chi connectivity index (χ4v) is 3.73. The Morgan fingerprint density at radius 2 is 1.65 bits per heavy atom. The summed E-state index contributed by atoms with van der Waals surface area (Å²) in [5.41, 5.74) is -5.82. The number of ether oxygens (including phenoxy) is 2. The molecule has 1 aromatic rings. The highest BCUT2D eigenvalue weighted by atomic mass is 32.2. The zero-order valence-electron chi connectivity index (χ0n) is 20.2. The van der Waals surface area contributed by atoms with E-state index in [4.69, 9.17) is 9.47 Å². The Balaban J connectivity index is 2.79. The van der Waals surface area contributed by atoms with Gasteiger partial charge in [-0.25, -0.2) is 0 Å². The van der Waals surface area contributed by atoms with Crippen LogP contribution in [0, 0.1) is 15.5 Å². The number of nitro groups is 1. The molecule has 34 heavy (non-hydrogen) atoms. The van der Waals surface area contributed by atoms with E-state index in [0.717, 1.165) is 24.5 Å². The second kappa shape index (κ2) is 8.58. The number of Topliss-reactive ketones (excluding diaryl/α,β-unsaturated/α-hetero) is 2. The van der Waals surface area contributed by atoms with Crippen molar-refractivity contribution in [2.45, 2.75) is 59.7 Å². The van der Waals surface area contributed by atoms with E-state index in [2.05, 4.69) is 4.18 Å². The fourth-order valence-electron chi connectivity index (χ4n) is 3.28. The third-order valence-electron chi connectivity index (χ3n) is 4.75. The van der Waals surface area contributed by atoms with Crippen LogP contribution in [0.2, 0.25) is 0 Å². The van der Waals surface area contributed by atoms with Crippen LogP contribution in [0.4, 0.5) is 5.69 Å². The van der Waals surface area contributed by atoms with Gasteiger partial charge >= 0.3 is 16.1 Å². The molecule has 0 N–H and O–H groups in total. The Morgan fingerprint density at radius 1 is 1.09 bits per heavy atom. The molecule has 0 saturated carbocycles. The first-order valence-corrected chi connectivity index (χ1v) is 11.9. The molecule has 1 aliphatic rings. The van der Waals surface area contributed by atoms with E-state index >= 15 is 0 Å². The molecule has 2 rings (SSSR count). The van der Waals surface area contributed by atoms with Gasteiger partial charge < -0.3 is 13.7 Å². The maximum absolute atomic E-state index is 13.6. The van der Waals surface area contributed by atoms with E-state index in [0.29, 0.717) is 0 Å². The molecule has 0 aliphatic carbocycles. The number of hydrogen-bond donors (Lipinski definition) is 0. The molecule has 12 heteroatoms. The third kappa shape index (κ3) is 5.68. The number of rotatable bonds is 6. The molecule has 0 aromatic heterocycles. The molecule has 0 spiro atoms. The minimum absolute atomic E-state index is 0.368. The van der Waals surface area contributed by atoms with Crippen LogP contribution in [0.1, 0.15) is 58.8 Å². The molecular weight excluding hydrogens is 470 g/mol. The smallest absolute Gasteiger partial charge is 0.316 e. The van der Waals surface area contributed by atoms with Gasteiger partial charge in [-0.1, -0.05) is 0 Å². The molecule has 1 aliphatic heterocycles. The first kappa shape index (κ1) is 27.1. The Hall–Kier alpha value is -3.12. The summed E-state index contributed by atoms with van der Waals surface area (Å²) in [6.45, 7) is 10.6. The molecule has 0 atom stereocenters. The van der Waals surface area contributed by atoms with Gasteiger partial charge in [0.2, 0.25) is 11.6 Å². The van der Waals surface area contributed by atoms with Gasteiger partial charge in [0.1, 0.15) is 28.1 Å². The van der Waals surface area contributed by atoms with Crippen LogP contribution in [0.5, 0.6) is 5.75 Å². The lowest BCUT2D eigenvalue weighted by Crippen LogP contribution is -2.52. The van der Waals surface area contributed by atoms with Crippen molar-refractivity contribution in [2.24, 2.45) is 5.41 Å². The van der Waals surface area contributed by atoms with Crippen molar-refractivity contribution in [1.29, 1.82) is 0 Å². The molecule has 0 bridgehead atoms. The van der Waals surface area contributed by atoms with Gasteiger partial charge in [-0.3, -0.25) is 24.5 Å². The van der Waals surface area contributed by atoms with Crippen molar-refractivity contribution >= 4 is 33.3 Å². The van der Waals surface area contributed by atoms with E-state index in [-0.39, 0.29) is 5.76 Å². The maximum Gasteiger partial charge on any atom is 0.316 e. The van der Waals surface area contributed by atoms with E-state index in [1.165, 1.54) is 27.7 Å². The molecule has 186 valence electrons. The van der Waals surface area contributed by atoms with Crippen molar-refractivity contribution in [3.05, 3.63) is 45.2 Å². The number of benzene rings is 1. The lowest BCUT2D eigenvalue weighted by molar-refractivity contribution is -0.385. The number of carbonyl (C=O) groups is 3. The largest absolute Gasteiger partial charge is 0.427 e. The second-order valence-electron chi connectivity index (χ2n) is 9.85. The number of nitro benzene ring substituents is 1. The minimum Gasteiger partial charge on any atom is -0.427 e. The predicted octanol–water partition coefficient (Wildman–Crippen LogP) is 3.12. The van der Waals surface area contributed by atoms with Crippen LogP contribution >= 0.6 is 0 Å². The highest BCUT2D eigenvalue weighted by Gasteiger charge is 2.51. The molecule has 0 fully saturated rings. The molecular formula is C22H27NO10S. The average Bonchev–Trinajstić information content (AvgIpc) is 2.63. The Bertz CT molecular complexity index is 1220. The van der Waals surface area contributed by atoms with E-state index in [1.807, 2.05) is 0 Å². The normalized spacial score (nSPS) is 17.8. The molecule has 0 saturated heterocycles. The highest BCUT2D eigenvalue weighted by Crippen LogP contribution is 2.41. The summed E-state index contributed by atoms with van der Waals surface area (Å²) in [7, 11) is -3.99. The molecule has 0 amide bonds. The van der Waals surface area contributed by atoms with Crippen molar-refractivity contribution < 1.29 is 41.4 Å². The van der Waals surface area contributed by atoms with Gasteiger partial charge in [0.25, 0.3) is 5.69 Å². The summed E-state index contributed by atoms with van der Waals surface area (Å²) < 4.78 is 38.7. The van der Waals surface area contributed by atoms with Gasteiger partial charge in [0.05, 0.1) is 22.7 Å². The Morgan fingerprint density at radius 3 is 2.12 bits per heavy atom. The van der Waals surface area contributed by atoms with Gasteiger partial charge in [-0.2, -0.15) is 8.42 Å². The Kier molecular flexibility index (Phi) is 6.85. The van der Waals surface area contributed by atoms with Gasteiger partial charge in [0, 0.05) is 0 Å². The third-order valence-corrected chi connectivity index (χ3v) is 5.25. The SMILES string of the molecule is CC(C)(C)C(=O)OC1=C(C(=O)c2ccc(OS(C)(=O)=O)cc2[N+](=O)[O-])C(=O)C(C)(C)OC1(C)C. The first-order chi connectivity index (χ1) is 15.2. The lowest BCUT2D eigenvalue weighted by Gasteiger charge is -2.41. The van der Waals surface area contributed by atoms with Crippen LogP contribution in [0.3, 0.4) is 0 Å². The number of esters is 1. The standard InChI is InChI=1S/C22H27NO10S/c1-20(2,3)19(26)31-18-15(17(25)21(4,5)33-22(18,6)7)16(24)13-10-9-12(32-34(8,29)30)11-14(13)23(27)28/h9-11H,1-8H3. The van der Waals surface area contributed by atoms with E-state index in [9.17, 15) is 32.9 Å². The molecule has 0 radical (unpaired) electrons. The molecule has 0 unspecified atom stereocenters. The van der Waals surface area contributed by atoms with E-state index in [1.54, 1.807) is 20.8 Å². The molecule has 1 aromatic carbocycles. The molecule has 1 heterocycles. The number of hydrogen-bond acceptors (Lipinski definition) is 10. The summed E-state index contributed by atoms with van der Waals surface area (Å²) in [4.78, 5) is 50.2. The summed E-state index contributed by atoms with van der Waals surface area (Å²) in [5, 5.41) is 11.7. The van der Waals surface area contributed by atoms with Gasteiger partial charge in [-0.15, -0.1) is 0 Å².